The summed E-state index contributed by atoms with van der Waals surface area (Å²) in [5.74, 6) is 0.569. The molecule has 0 unspecified atom stereocenters. The molecule has 27 heavy (non-hydrogen) atoms. The summed E-state index contributed by atoms with van der Waals surface area (Å²) in [6.45, 7) is 0.682. The lowest BCUT2D eigenvalue weighted by Crippen LogP contribution is -2.47. The Morgan fingerprint density at radius 1 is 1.07 bits per heavy atom. The average Bonchev–Trinajstić information content (AvgIpc) is 3.25. The van der Waals surface area contributed by atoms with E-state index < -0.39 is 0 Å². The van der Waals surface area contributed by atoms with Gasteiger partial charge in [-0.1, -0.05) is 18.2 Å². The van der Waals surface area contributed by atoms with Crippen LogP contribution in [0.3, 0.4) is 0 Å². The number of thiocarbonyl (C=S) groups is 1. The summed E-state index contributed by atoms with van der Waals surface area (Å²) in [6, 6.07) is 17.0. The topological polar surface area (TPSA) is 96.8 Å². The van der Waals surface area contributed by atoms with E-state index in [1.165, 1.54) is 15.9 Å². The number of carbonyl (C=O) groups excluding carboxylic acids is 1. The standard InChI is InChI=1S/C17H17N7OS2/c25-16(13-6-8-14(9-7-13)24-12-19-22-23-24)20-21-17(26)18-10-11-27-15-4-2-1-3-5-15/h1-9,12H,10-11H2,(H,20,25)(H2,18,21,26). The van der Waals surface area contributed by atoms with E-state index in [4.69, 9.17) is 12.2 Å². The van der Waals surface area contributed by atoms with E-state index in [-0.39, 0.29) is 5.91 Å². The van der Waals surface area contributed by atoms with Crippen LogP contribution in [-0.4, -0.2) is 43.5 Å². The molecule has 1 amide bonds. The molecule has 0 aliphatic rings. The van der Waals surface area contributed by atoms with Gasteiger partial charge < -0.3 is 5.32 Å². The van der Waals surface area contributed by atoms with Crippen molar-refractivity contribution in [1.29, 1.82) is 0 Å². The van der Waals surface area contributed by atoms with Crippen LogP contribution in [-0.2, 0) is 0 Å². The Balaban J connectivity index is 1.37. The lowest BCUT2D eigenvalue weighted by atomic mass is 10.2. The summed E-state index contributed by atoms with van der Waals surface area (Å²) in [4.78, 5) is 13.4. The number of hydrogen-bond donors (Lipinski definition) is 3. The minimum absolute atomic E-state index is 0.291. The maximum absolute atomic E-state index is 12.1. The lowest BCUT2D eigenvalue weighted by molar-refractivity contribution is 0.0943. The van der Waals surface area contributed by atoms with E-state index in [9.17, 15) is 4.79 Å². The van der Waals surface area contributed by atoms with Gasteiger partial charge in [-0.2, -0.15) is 0 Å². The van der Waals surface area contributed by atoms with Gasteiger partial charge in [-0.15, -0.1) is 16.9 Å². The van der Waals surface area contributed by atoms with Crippen molar-refractivity contribution in [3.8, 4) is 5.69 Å². The van der Waals surface area contributed by atoms with Crippen LogP contribution in [0.1, 0.15) is 10.4 Å². The Morgan fingerprint density at radius 3 is 2.56 bits per heavy atom. The molecule has 1 heterocycles. The largest absolute Gasteiger partial charge is 0.361 e. The molecule has 0 saturated carbocycles. The van der Waals surface area contributed by atoms with Gasteiger partial charge in [-0.25, -0.2) is 4.68 Å². The van der Waals surface area contributed by atoms with Crippen LogP contribution in [0.2, 0.25) is 0 Å². The maximum Gasteiger partial charge on any atom is 0.269 e. The van der Waals surface area contributed by atoms with Crippen molar-refractivity contribution in [2.45, 2.75) is 4.90 Å². The number of thioether (sulfide) groups is 1. The van der Waals surface area contributed by atoms with E-state index in [1.54, 1.807) is 36.0 Å². The monoisotopic (exact) mass is 399 g/mol. The number of hydrazine groups is 1. The normalized spacial score (nSPS) is 10.2. The van der Waals surface area contributed by atoms with Gasteiger partial charge >= 0.3 is 0 Å². The number of carbonyl (C=O) groups is 1. The number of nitrogens with zero attached hydrogens (tertiary/aromatic N) is 4. The molecule has 8 nitrogen and oxygen atoms in total. The Kier molecular flexibility index (Phi) is 6.72. The molecule has 2 aromatic carbocycles. The van der Waals surface area contributed by atoms with Crippen molar-refractivity contribution in [3.05, 3.63) is 66.5 Å². The van der Waals surface area contributed by atoms with E-state index >= 15 is 0 Å². The Bertz CT molecular complexity index is 870. The second-order valence-corrected chi connectivity index (χ2v) is 6.87. The number of nitrogens with one attached hydrogen (secondary N) is 3. The van der Waals surface area contributed by atoms with Crippen LogP contribution in [0.5, 0.6) is 0 Å². The summed E-state index contributed by atoms with van der Waals surface area (Å²) in [5.41, 5.74) is 6.51. The fraction of sp³-hybridized carbons (Fsp3) is 0.118. The molecule has 0 aliphatic heterocycles. The second-order valence-electron chi connectivity index (χ2n) is 5.30. The molecule has 3 N–H and O–H groups in total. The molecule has 10 heteroatoms. The second kappa shape index (κ2) is 9.64. The quantitative estimate of drug-likeness (QED) is 0.249. The summed E-state index contributed by atoms with van der Waals surface area (Å²) in [7, 11) is 0. The molecule has 0 bridgehead atoms. The average molecular weight is 400 g/mol. The number of hydrogen-bond acceptors (Lipinski definition) is 6. The predicted octanol–water partition coefficient (Wildman–Crippen LogP) is 1.56. The van der Waals surface area contributed by atoms with Crippen molar-refractivity contribution >= 4 is 35.0 Å². The molecular formula is C17H17N7OS2. The zero-order valence-electron chi connectivity index (χ0n) is 14.2. The zero-order chi connectivity index (χ0) is 18.9. The summed E-state index contributed by atoms with van der Waals surface area (Å²) in [5, 5.41) is 14.3. The highest BCUT2D eigenvalue weighted by Crippen LogP contribution is 2.15. The molecule has 0 radical (unpaired) electrons. The Labute approximate surface area is 165 Å². The minimum atomic E-state index is -0.291. The first kappa shape index (κ1) is 18.8. The molecule has 0 spiro atoms. The summed E-state index contributed by atoms with van der Waals surface area (Å²) < 4.78 is 1.51. The van der Waals surface area contributed by atoms with Crippen molar-refractivity contribution in [2.75, 3.05) is 12.3 Å². The molecule has 0 aliphatic carbocycles. The third kappa shape index (κ3) is 5.76. The molecule has 0 fully saturated rings. The highest BCUT2D eigenvalue weighted by atomic mass is 32.2. The zero-order valence-corrected chi connectivity index (χ0v) is 15.8. The van der Waals surface area contributed by atoms with Gasteiger partial charge in [-0.3, -0.25) is 15.6 Å². The van der Waals surface area contributed by atoms with Crippen LogP contribution >= 0.6 is 24.0 Å². The van der Waals surface area contributed by atoms with Crippen molar-refractivity contribution in [1.82, 2.24) is 36.4 Å². The first-order valence-electron chi connectivity index (χ1n) is 8.08. The summed E-state index contributed by atoms with van der Waals surface area (Å²) in [6.07, 6.45) is 1.48. The molecule has 138 valence electrons. The number of amides is 1. The molecule has 1 aromatic heterocycles. The Hall–Kier alpha value is -2.98. The number of tetrazole rings is 1. The number of aromatic nitrogens is 4. The van der Waals surface area contributed by atoms with Gasteiger partial charge in [0.15, 0.2) is 5.11 Å². The van der Waals surface area contributed by atoms with Gasteiger partial charge in [0, 0.05) is 22.8 Å². The lowest BCUT2D eigenvalue weighted by Gasteiger charge is -2.11. The van der Waals surface area contributed by atoms with Crippen molar-refractivity contribution in [2.24, 2.45) is 0 Å². The first-order valence-corrected chi connectivity index (χ1v) is 9.47. The third-order valence-corrected chi connectivity index (χ3v) is 4.69. The van der Waals surface area contributed by atoms with E-state index in [0.717, 1.165) is 11.4 Å². The molecule has 0 atom stereocenters. The third-order valence-electron chi connectivity index (χ3n) is 3.43. The van der Waals surface area contributed by atoms with Crippen LogP contribution in [0.15, 0.2) is 65.8 Å². The predicted molar refractivity (Wildman–Crippen MR) is 108 cm³/mol. The fourth-order valence-electron chi connectivity index (χ4n) is 2.13. The molecule has 3 rings (SSSR count). The van der Waals surface area contributed by atoms with Crippen molar-refractivity contribution in [3.63, 3.8) is 0 Å². The molecule has 3 aromatic rings. The van der Waals surface area contributed by atoms with Crippen LogP contribution < -0.4 is 16.2 Å². The van der Waals surface area contributed by atoms with Crippen molar-refractivity contribution < 1.29 is 4.79 Å². The van der Waals surface area contributed by atoms with Crippen LogP contribution in [0.4, 0.5) is 0 Å². The van der Waals surface area contributed by atoms with E-state index in [1.807, 2.05) is 18.2 Å². The smallest absolute Gasteiger partial charge is 0.269 e. The highest BCUT2D eigenvalue weighted by molar-refractivity contribution is 7.99. The van der Waals surface area contributed by atoms with Crippen LogP contribution in [0.25, 0.3) is 5.69 Å². The molecular weight excluding hydrogens is 382 g/mol. The van der Waals surface area contributed by atoms with E-state index in [0.29, 0.717) is 17.2 Å². The van der Waals surface area contributed by atoms with Gasteiger partial charge in [0.05, 0.1) is 5.69 Å². The number of benzene rings is 2. The van der Waals surface area contributed by atoms with Gasteiger partial charge in [0.25, 0.3) is 5.91 Å². The molecule has 0 saturated heterocycles. The highest BCUT2D eigenvalue weighted by Gasteiger charge is 2.06. The van der Waals surface area contributed by atoms with Gasteiger partial charge in [-0.05, 0) is 59.0 Å². The SMILES string of the molecule is O=C(NNC(=S)NCCSc1ccccc1)c1ccc(-n2cnnn2)cc1. The summed E-state index contributed by atoms with van der Waals surface area (Å²) >= 11 is 6.89. The van der Waals surface area contributed by atoms with Gasteiger partial charge in [0.1, 0.15) is 6.33 Å². The Morgan fingerprint density at radius 2 is 1.85 bits per heavy atom. The minimum Gasteiger partial charge on any atom is -0.361 e. The first-order chi connectivity index (χ1) is 13.2. The fourth-order valence-corrected chi connectivity index (χ4v) is 3.07. The van der Waals surface area contributed by atoms with Crippen LogP contribution in [0, 0.1) is 0 Å². The number of rotatable bonds is 6. The van der Waals surface area contributed by atoms with Gasteiger partial charge in [0.2, 0.25) is 0 Å². The van der Waals surface area contributed by atoms with E-state index in [2.05, 4.69) is 43.8 Å². The maximum atomic E-state index is 12.1.